The van der Waals surface area contributed by atoms with Crippen LogP contribution in [0.2, 0.25) is 0 Å². The Labute approximate surface area is 169 Å². The number of carbonyl (C=O) groups excluding carboxylic acids is 1. The number of thioether (sulfide) groups is 1. The molecule has 0 spiro atoms. The molecule has 0 radical (unpaired) electrons. The molecule has 2 aromatic rings. The van der Waals surface area contributed by atoms with Crippen LogP contribution in [0.25, 0.3) is 6.08 Å². The molecule has 4 rings (SSSR count). The summed E-state index contributed by atoms with van der Waals surface area (Å²) < 4.78 is 10.9. The first-order valence-electron chi connectivity index (χ1n) is 9.26. The number of ether oxygens (including phenoxy) is 2. The molecule has 1 fully saturated rings. The van der Waals surface area contributed by atoms with Crippen molar-refractivity contribution in [3.63, 3.8) is 0 Å². The maximum atomic E-state index is 13.1. The first kappa shape index (κ1) is 18.6. The van der Waals surface area contributed by atoms with Crippen LogP contribution in [0.5, 0.6) is 11.5 Å². The molecule has 2 aromatic carbocycles. The van der Waals surface area contributed by atoms with E-state index in [4.69, 9.17) is 14.5 Å². The molecule has 2 heterocycles. The van der Waals surface area contributed by atoms with Crippen molar-refractivity contribution in [2.45, 2.75) is 20.8 Å². The second-order valence-corrected chi connectivity index (χ2v) is 8.22. The zero-order chi connectivity index (χ0) is 19.7. The number of amides is 1. The molecule has 28 heavy (non-hydrogen) atoms. The van der Waals surface area contributed by atoms with Gasteiger partial charge in [0.1, 0.15) is 0 Å². The molecule has 2 aliphatic rings. The van der Waals surface area contributed by atoms with E-state index in [9.17, 15) is 4.79 Å². The van der Waals surface area contributed by atoms with Crippen molar-refractivity contribution in [2.75, 3.05) is 13.3 Å². The number of hydrogen-bond donors (Lipinski definition) is 0. The Morgan fingerprint density at radius 2 is 1.89 bits per heavy atom. The van der Waals surface area contributed by atoms with Gasteiger partial charge in [-0.15, -0.1) is 0 Å². The second-order valence-electron chi connectivity index (χ2n) is 7.21. The van der Waals surface area contributed by atoms with Crippen LogP contribution >= 0.6 is 11.8 Å². The highest BCUT2D eigenvalue weighted by molar-refractivity contribution is 8.18. The normalized spacial score (nSPS) is 18.7. The predicted octanol–water partition coefficient (Wildman–Crippen LogP) is 4.98. The third kappa shape index (κ3) is 3.78. The Hall–Kier alpha value is -2.73. The Morgan fingerprint density at radius 1 is 1.18 bits per heavy atom. The number of benzene rings is 2. The molecule has 144 valence electrons. The molecule has 0 aromatic heterocycles. The lowest BCUT2D eigenvalue weighted by Crippen LogP contribution is -2.32. The van der Waals surface area contributed by atoms with Gasteiger partial charge in [0.2, 0.25) is 6.79 Å². The van der Waals surface area contributed by atoms with Crippen LogP contribution in [-0.2, 0) is 4.79 Å². The lowest BCUT2D eigenvalue weighted by molar-refractivity contribution is -0.122. The maximum Gasteiger partial charge on any atom is 0.266 e. The van der Waals surface area contributed by atoms with Crippen molar-refractivity contribution in [2.24, 2.45) is 10.9 Å². The second kappa shape index (κ2) is 7.72. The Balaban J connectivity index is 1.69. The standard InChI is InChI=1S/C22H22N2O3S/c1-14(2)12-24-21(25)20(28-22(24)23-17-7-5-4-6-8-17)11-16-10-19-18(9-15(16)3)26-13-27-19/h4-11,14H,12-13H2,1-3H3. The minimum absolute atomic E-state index is 0.00884. The summed E-state index contributed by atoms with van der Waals surface area (Å²) >= 11 is 1.42. The molecule has 1 saturated heterocycles. The lowest BCUT2D eigenvalue weighted by Gasteiger charge is -2.17. The zero-order valence-corrected chi connectivity index (χ0v) is 17.0. The van der Waals surface area contributed by atoms with Crippen molar-refractivity contribution < 1.29 is 14.3 Å². The van der Waals surface area contributed by atoms with E-state index in [-0.39, 0.29) is 12.7 Å². The minimum atomic E-state index is -0.00884. The van der Waals surface area contributed by atoms with E-state index in [1.807, 2.05) is 55.5 Å². The highest BCUT2D eigenvalue weighted by atomic mass is 32.2. The van der Waals surface area contributed by atoms with Gasteiger partial charge in [-0.05, 0) is 66.1 Å². The highest BCUT2D eigenvalue weighted by Crippen LogP contribution is 2.38. The van der Waals surface area contributed by atoms with E-state index < -0.39 is 0 Å². The average Bonchev–Trinajstić information content (AvgIpc) is 3.22. The number of rotatable bonds is 4. The molecule has 0 aliphatic carbocycles. The van der Waals surface area contributed by atoms with Crippen LogP contribution in [0.15, 0.2) is 52.4 Å². The summed E-state index contributed by atoms with van der Waals surface area (Å²) in [5, 5.41) is 0.717. The first-order valence-corrected chi connectivity index (χ1v) is 10.1. The smallest absolute Gasteiger partial charge is 0.266 e. The van der Waals surface area contributed by atoms with Gasteiger partial charge in [0.25, 0.3) is 5.91 Å². The zero-order valence-electron chi connectivity index (χ0n) is 16.1. The Kier molecular flexibility index (Phi) is 5.13. The third-order valence-corrected chi connectivity index (χ3v) is 5.47. The van der Waals surface area contributed by atoms with Gasteiger partial charge in [0.15, 0.2) is 16.7 Å². The number of carbonyl (C=O) groups is 1. The molecule has 0 unspecified atom stereocenters. The summed E-state index contributed by atoms with van der Waals surface area (Å²) in [5.41, 5.74) is 2.83. The first-order chi connectivity index (χ1) is 13.5. The van der Waals surface area contributed by atoms with Gasteiger partial charge in [-0.25, -0.2) is 4.99 Å². The van der Waals surface area contributed by atoms with Gasteiger partial charge >= 0.3 is 0 Å². The third-order valence-electron chi connectivity index (χ3n) is 4.46. The van der Waals surface area contributed by atoms with Gasteiger partial charge < -0.3 is 9.47 Å². The van der Waals surface area contributed by atoms with Crippen molar-refractivity contribution in [1.82, 2.24) is 4.90 Å². The van der Waals surface area contributed by atoms with Crippen molar-refractivity contribution >= 4 is 34.6 Å². The molecule has 6 heteroatoms. The maximum absolute atomic E-state index is 13.1. The van der Waals surface area contributed by atoms with Gasteiger partial charge in [-0.3, -0.25) is 9.69 Å². The number of para-hydroxylation sites is 1. The van der Waals surface area contributed by atoms with Crippen molar-refractivity contribution in [1.29, 1.82) is 0 Å². The van der Waals surface area contributed by atoms with Gasteiger partial charge in [0.05, 0.1) is 10.6 Å². The molecular weight excluding hydrogens is 372 g/mol. The number of aliphatic imine (C=N–C) groups is 1. The Bertz CT molecular complexity index is 967. The lowest BCUT2D eigenvalue weighted by atomic mass is 10.1. The molecule has 0 atom stereocenters. The van der Waals surface area contributed by atoms with Crippen LogP contribution in [-0.4, -0.2) is 29.3 Å². The molecule has 2 aliphatic heterocycles. The summed E-state index contributed by atoms with van der Waals surface area (Å²) in [7, 11) is 0. The monoisotopic (exact) mass is 394 g/mol. The highest BCUT2D eigenvalue weighted by Gasteiger charge is 2.34. The van der Waals surface area contributed by atoms with E-state index in [1.165, 1.54) is 11.8 Å². The fourth-order valence-electron chi connectivity index (χ4n) is 3.09. The average molecular weight is 394 g/mol. The summed E-state index contributed by atoms with van der Waals surface area (Å²) in [5.74, 6) is 1.80. The SMILES string of the molecule is Cc1cc2c(cc1C=C1SC(=Nc3ccccc3)N(CC(C)C)C1=O)OCO2. The van der Waals surface area contributed by atoms with E-state index >= 15 is 0 Å². The number of fused-ring (bicyclic) bond motifs is 1. The van der Waals surface area contributed by atoms with Crippen LogP contribution in [0.1, 0.15) is 25.0 Å². The number of amidine groups is 1. The number of nitrogens with zero attached hydrogens (tertiary/aromatic N) is 2. The fourth-order valence-corrected chi connectivity index (χ4v) is 4.09. The van der Waals surface area contributed by atoms with E-state index in [2.05, 4.69) is 13.8 Å². The van der Waals surface area contributed by atoms with Crippen molar-refractivity contribution in [3.8, 4) is 11.5 Å². The van der Waals surface area contributed by atoms with Gasteiger partial charge in [-0.2, -0.15) is 0 Å². The molecule has 5 nitrogen and oxygen atoms in total. The van der Waals surface area contributed by atoms with Gasteiger partial charge in [0, 0.05) is 6.54 Å². The summed E-state index contributed by atoms with van der Waals surface area (Å²) in [4.78, 5) is 20.2. The molecule has 0 N–H and O–H groups in total. The predicted molar refractivity (Wildman–Crippen MR) is 113 cm³/mol. The molecule has 0 bridgehead atoms. The largest absolute Gasteiger partial charge is 0.454 e. The summed E-state index contributed by atoms with van der Waals surface area (Å²) in [6.07, 6.45) is 1.92. The molecular formula is C22H22N2O3S. The van der Waals surface area contributed by atoms with Crippen LogP contribution in [0.4, 0.5) is 5.69 Å². The summed E-state index contributed by atoms with van der Waals surface area (Å²) in [6, 6.07) is 13.6. The molecule has 0 saturated carbocycles. The Morgan fingerprint density at radius 3 is 2.61 bits per heavy atom. The van der Waals surface area contributed by atoms with E-state index in [1.54, 1.807) is 4.90 Å². The van der Waals surface area contributed by atoms with Gasteiger partial charge in [-0.1, -0.05) is 32.0 Å². The van der Waals surface area contributed by atoms with E-state index in [0.29, 0.717) is 23.1 Å². The summed E-state index contributed by atoms with van der Waals surface area (Å²) in [6.45, 7) is 7.07. The quantitative estimate of drug-likeness (QED) is 0.686. The fraction of sp³-hybridized carbons (Fsp3) is 0.273. The minimum Gasteiger partial charge on any atom is -0.454 e. The molecule has 1 amide bonds. The van der Waals surface area contributed by atoms with Crippen LogP contribution in [0.3, 0.4) is 0 Å². The van der Waals surface area contributed by atoms with Crippen LogP contribution < -0.4 is 9.47 Å². The van der Waals surface area contributed by atoms with Crippen molar-refractivity contribution in [3.05, 3.63) is 58.5 Å². The van der Waals surface area contributed by atoms with Crippen LogP contribution in [0, 0.1) is 12.8 Å². The topological polar surface area (TPSA) is 51.1 Å². The number of aryl methyl sites for hydroxylation is 1. The van der Waals surface area contributed by atoms with E-state index in [0.717, 1.165) is 27.7 Å². The number of hydrogen-bond acceptors (Lipinski definition) is 5.